The lowest BCUT2D eigenvalue weighted by Crippen LogP contribution is -2.48. The van der Waals surface area contributed by atoms with Crippen LogP contribution in [0.15, 0.2) is 36.4 Å². The van der Waals surface area contributed by atoms with E-state index < -0.39 is 18.2 Å². The maximum absolute atomic E-state index is 12.3. The number of para-hydroxylation sites is 2. The highest BCUT2D eigenvalue weighted by Gasteiger charge is 2.33. The first-order valence-corrected chi connectivity index (χ1v) is 7.88. The van der Waals surface area contributed by atoms with E-state index in [4.69, 9.17) is 14.6 Å². The molecule has 0 aliphatic carbocycles. The number of carboxylic acids is 1. The summed E-state index contributed by atoms with van der Waals surface area (Å²) in [6.07, 6.45) is -1.16. The summed E-state index contributed by atoms with van der Waals surface area (Å²) in [5.41, 5.74) is 0. The average molecular weight is 333 g/mol. The summed E-state index contributed by atoms with van der Waals surface area (Å²) in [5.74, 6) is -0.109. The molecule has 0 fully saturated rings. The van der Waals surface area contributed by atoms with Crippen LogP contribution in [0.25, 0.3) is 0 Å². The van der Waals surface area contributed by atoms with E-state index in [1.54, 1.807) is 25.1 Å². The third kappa shape index (κ3) is 3.29. The van der Waals surface area contributed by atoms with Gasteiger partial charge in [0.05, 0.1) is 6.54 Å². The van der Waals surface area contributed by atoms with Crippen molar-refractivity contribution < 1.29 is 24.2 Å². The Balaban J connectivity index is 1.63. The van der Waals surface area contributed by atoms with Crippen molar-refractivity contribution in [3.8, 4) is 11.5 Å². The van der Waals surface area contributed by atoms with Gasteiger partial charge in [-0.2, -0.15) is 0 Å². The quantitative estimate of drug-likeness (QED) is 0.897. The van der Waals surface area contributed by atoms with Gasteiger partial charge in [-0.3, -0.25) is 4.79 Å². The molecule has 6 nitrogen and oxygen atoms in total. The van der Waals surface area contributed by atoms with Gasteiger partial charge in [-0.05, 0) is 31.2 Å². The van der Waals surface area contributed by atoms with E-state index in [0.717, 1.165) is 16.2 Å². The molecule has 1 aromatic carbocycles. The van der Waals surface area contributed by atoms with Gasteiger partial charge in [0, 0.05) is 4.88 Å². The zero-order chi connectivity index (χ0) is 16.4. The summed E-state index contributed by atoms with van der Waals surface area (Å²) in [4.78, 5) is 24.2. The number of fused-ring (bicyclic) bond motifs is 1. The number of rotatable bonds is 4. The van der Waals surface area contributed by atoms with Crippen molar-refractivity contribution in [1.82, 2.24) is 5.32 Å². The molecule has 2 aromatic rings. The zero-order valence-corrected chi connectivity index (χ0v) is 13.1. The summed E-state index contributed by atoms with van der Waals surface area (Å²) in [7, 11) is 0. The Morgan fingerprint density at radius 1 is 1.17 bits per heavy atom. The van der Waals surface area contributed by atoms with E-state index in [0.29, 0.717) is 11.5 Å². The molecule has 0 radical (unpaired) electrons. The van der Waals surface area contributed by atoms with Crippen molar-refractivity contribution in [3.63, 3.8) is 0 Å². The van der Waals surface area contributed by atoms with Crippen LogP contribution in [0.2, 0.25) is 0 Å². The molecule has 2 N–H and O–H groups in total. The smallest absolute Gasteiger partial charge is 0.345 e. The molecule has 0 spiro atoms. The first kappa shape index (κ1) is 15.4. The number of aromatic carboxylic acids is 1. The topological polar surface area (TPSA) is 84.9 Å². The van der Waals surface area contributed by atoms with Crippen LogP contribution in [-0.4, -0.2) is 29.2 Å². The van der Waals surface area contributed by atoms with Crippen LogP contribution in [0.5, 0.6) is 11.5 Å². The third-order valence-electron chi connectivity index (χ3n) is 3.41. The lowest BCUT2D eigenvalue weighted by molar-refractivity contribution is -0.133. The first-order chi connectivity index (χ1) is 11.0. The molecule has 1 amide bonds. The maximum Gasteiger partial charge on any atom is 0.345 e. The van der Waals surface area contributed by atoms with Crippen molar-refractivity contribution in [3.05, 3.63) is 46.2 Å². The molecule has 2 unspecified atom stereocenters. The minimum atomic E-state index is -0.971. The Bertz CT molecular complexity index is 742. The number of hydrogen-bond acceptors (Lipinski definition) is 5. The number of benzene rings is 1. The van der Waals surface area contributed by atoms with Crippen LogP contribution >= 0.6 is 11.3 Å². The standard InChI is InChI=1S/C16H15NO5S/c1-9-14(22-12-5-3-2-4-11(12)21-9)15(18)17-8-10-6-7-13(23-10)16(19)20/h2-7,9,14H,8H2,1H3,(H,17,18)(H,19,20). The van der Waals surface area contributed by atoms with Crippen LogP contribution < -0.4 is 14.8 Å². The van der Waals surface area contributed by atoms with Crippen LogP contribution in [0.3, 0.4) is 0 Å². The molecule has 23 heavy (non-hydrogen) atoms. The fourth-order valence-corrected chi connectivity index (χ4v) is 3.06. The molecule has 0 saturated heterocycles. The predicted octanol–water partition coefficient (Wildman–Crippen LogP) is 2.29. The average Bonchev–Trinajstić information content (AvgIpc) is 3.01. The largest absolute Gasteiger partial charge is 0.482 e. The number of carbonyl (C=O) groups excluding carboxylic acids is 1. The fourth-order valence-electron chi connectivity index (χ4n) is 2.27. The highest BCUT2D eigenvalue weighted by Crippen LogP contribution is 2.33. The van der Waals surface area contributed by atoms with E-state index >= 15 is 0 Å². The monoisotopic (exact) mass is 333 g/mol. The maximum atomic E-state index is 12.3. The molecule has 1 aliphatic rings. The number of amides is 1. The zero-order valence-electron chi connectivity index (χ0n) is 12.3. The number of carbonyl (C=O) groups is 2. The minimum absolute atomic E-state index is 0.244. The summed E-state index contributed by atoms with van der Waals surface area (Å²) in [6, 6.07) is 10.4. The van der Waals surface area contributed by atoms with Crippen molar-refractivity contribution >= 4 is 23.2 Å². The Labute approximate surface area is 136 Å². The van der Waals surface area contributed by atoms with Gasteiger partial charge in [-0.15, -0.1) is 11.3 Å². The lowest BCUT2D eigenvalue weighted by atomic mass is 10.1. The second-order valence-corrected chi connectivity index (χ2v) is 6.27. The molecule has 1 aliphatic heterocycles. The van der Waals surface area contributed by atoms with Gasteiger partial charge in [-0.1, -0.05) is 12.1 Å². The van der Waals surface area contributed by atoms with Crippen LogP contribution in [-0.2, 0) is 11.3 Å². The van der Waals surface area contributed by atoms with Crippen LogP contribution in [0.4, 0.5) is 0 Å². The van der Waals surface area contributed by atoms with Crippen molar-refractivity contribution in [2.75, 3.05) is 0 Å². The van der Waals surface area contributed by atoms with Crippen molar-refractivity contribution in [2.24, 2.45) is 0 Å². The molecular formula is C16H15NO5S. The van der Waals surface area contributed by atoms with Gasteiger partial charge >= 0.3 is 5.97 Å². The fraction of sp³-hybridized carbons (Fsp3) is 0.250. The Kier molecular flexibility index (Phi) is 4.20. The minimum Gasteiger partial charge on any atom is -0.482 e. The predicted molar refractivity (Wildman–Crippen MR) is 84.1 cm³/mol. The highest BCUT2D eigenvalue weighted by molar-refractivity contribution is 7.13. The van der Waals surface area contributed by atoms with Crippen LogP contribution in [0, 0.1) is 0 Å². The summed E-state index contributed by atoms with van der Waals surface area (Å²) >= 11 is 1.13. The molecule has 3 rings (SSSR count). The SMILES string of the molecule is CC1Oc2ccccc2OC1C(=O)NCc1ccc(C(=O)O)s1. The Morgan fingerprint density at radius 2 is 1.87 bits per heavy atom. The Hall–Kier alpha value is -2.54. The molecule has 120 valence electrons. The third-order valence-corrected chi connectivity index (χ3v) is 4.48. The van der Waals surface area contributed by atoms with Gasteiger partial charge in [-0.25, -0.2) is 4.79 Å². The van der Waals surface area contributed by atoms with E-state index in [1.165, 1.54) is 6.07 Å². The lowest BCUT2D eigenvalue weighted by Gasteiger charge is -2.30. The number of ether oxygens (including phenoxy) is 2. The summed E-state index contributed by atoms with van der Waals surface area (Å²) in [5, 5.41) is 11.6. The van der Waals surface area contributed by atoms with E-state index in [2.05, 4.69) is 5.32 Å². The molecule has 2 heterocycles. The van der Waals surface area contributed by atoms with Crippen LogP contribution in [0.1, 0.15) is 21.5 Å². The molecule has 0 saturated carbocycles. The Morgan fingerprint density at radius 3 is 2.52 bits per heavy atom. The normalized spacial score (nSPS) is 19.2. The highest BCUT2D eigenvalue weighted by atomic mass is 32.1. The number of thiophene rings is 1. The molecule has 7 heteroatoms. The van der Waals surface area contributed by atoms with Gasteiger partial charge in [0.2, 0.25) is 6.10 Å². The molecular weight excluding hydrogens is 318 g/mol. The second kappa shape index (κ2) is 6.29. The molecule has 1 aromatic heterocycles. The van der Waals surface area contributed by atoms with Gasteiger partial charge in [0.15, 0.2) is 11.5 Å². The summed E-state index contributed by atoms with van der Waals surface area (Å²) < 4.78 is 11.4. The second-order valence-electron chi connectivity index (χ2n) is 5.10. The first-order valence-electron chi connectivity index (χ1n) is 7.06. The van der Waals surface area contributed by atoms with E-state index in [1.807, 2.05) is 12.1 Å². The van der Waals surface area contributed by atoms with E-state index in [-0.39, 0.29) is 17.3 Å². The molecule has 0 bridgehead atoms. The summed E-state index contributed by atoms with van der Waals surface area (Å²) in [6.45, 7) is 2.03. The van der Waals surface area contributed by atoms with Crippen molar-refractivity contribution in [1.29, 1.82) is 0 Å². The number of hydrogen-bond donors (Lipinski definition) is 2. The van der Waals surface area contributed by atoms with Gasteiger partial charge in [0.1, 0.15) is 11.0 Å². The number of nitrogens with one attached hydrogen (secondary N) is 1. The van der Waals surface area contributed by atoms with E-state index in [9.17, 15) is 9.59 Å². The number of carboxylic acid groups (broad SMARTS) is 1. The van der Waals surface area contributed by atoms with Gasteiger partial charge < -0.3 is 19.9 Å². The molecule has 2 atom stereocenters. The van der Waals surface area contributed by atoms with Gasteiger partial charge in [0.25, 0.3) is 5.91 Å². The van der Waals surface area contributed by atoms with Crippen molar-refractivity contribution in [2.45, 2.75) is 25.7 Å².